The zero-order valence-corrected chi connectivity index (χ0v) is 17.0. The summed E-state index contributed by atoms with van der Waals surface area (Å²) >= 11 is 12.4. The largest absolute Gasteiger partial charge is 0.344 e. The first-order valence-electron chi connectivity index (χ1n) is 9.22. The number of benzene rings is 2. The quantitative estimate of drug-likeness (QED) is 0.525. The molecule has 1 aliphatic rings. The van der Waals surface area contributed by atoms with Gasteiger partial charge in [0.1, 0.15) is 0 Å². The molecule has 0 aliphatic carbocycles. The predicted octanol–water partition coefficient (Wildman–Crippen LogP) is 6.13. The van der Waals surface area contributed by atoms with E-state index in [1.54, 1.807) is 0 Å². The number of rotatable bonds is 3. The predicted molar refractivity (Wildman–Crippen MR) is 111 cm³/mol. The van der Waals surface area contributed by atoms with E-state index < -0.39 is 0 Å². The van der Waals surface area contributed by atoms with Crippen molar-refractivity contribution < 1.29 is 0 Å². The van der Waals surface area contributed by atoms with Crippen molar-refractivity contribution in [3.63, 3.8) is 0 Å². The maximum atomic E-state index is 6.34. The Morgan fingerprint density at radius 2 is 1.69 bits per heavy atom. The highest BCUT2D eigenvalue weighted by atomic mass is 35.5. The maximum absolute atomic E-state index is 6.34. The molecule has 0 amide bonds. The van der Waals surface area contributed by atoms with Crippen LogP contribution in [0.3, 0.4) is 0 Å². The molecule has 26 heavy (non-hydrogen) atoms. The summed E-state index contributed by atoms with van der Waals surface area (Å²) < 4.78 is 2.51. The van der Waals surface area contributed by atoms with E-state index in [2.05, 4.69) is 54.6 Å². The van der Waals surface area contributed by atoms with Crippen molar-refractivity contribution in [3.05, 3.63) is 69.3 Å². The van der Waals surface area contributed by atoms with Gasteiger partial charge in [-0.3, -0.25) is 4.90 Å². The van der Waals surface area contributed by atoms with Gasteiger partial charge in [-0.25, -0.2) is 0 Å². The molecule has 2 aromatic carbocycles. The molecule has 1 aliphatic heterocycles. The Labute approximate surface area is 165 Å². The Balaban J connectivity index is 1.79. The molecule has 0 saturated heterocycles. The number of nitrogens with zero attached hydrogens (tertiary/aromatic N) is 2. The molecule has 0 fully saturated rings. The fourth-order valence-corrected chi connectivity index (χ4v) is 4.55. The van der Waals surface area contributed by atoms with Crippen LogP contribution in [0.2, 0.25) is 10.0 Å². The van der Waals surface area contributed by atoms with Crippen LogP contribution in [-0.2, 0) is 19.4 Å². The van der Waals surface area contributed by atoms with Gasteiger partial charge in [-0.2, -0.15) is 0 Å². The van der Waals surface area contributed by atoms with Gasteiger partial charge in [0.25, 0.3) is 0 Å². The molecule has 1 aromatic heterocycles. The zero-order valence-electron chi connectivity index (χ0n) is 15.5. The minimum absolute atomic E-state index is 0.395. The van der Waals surface area contributed by atoms with Crippen LogP contribution in [0.15, 0.2) is 42.5 Å². The number of aryl methyl sites for hydroxylation is 2. The summed E-state index contributed by atoms with van der Waals surface area (Å²) in [6, 6.07) is 15.4. The Kier molecular flexibility index (Phi) is 4.77. The van der Waals surface area contributed by atoms with Crippen molar-refractivity contribution in [1.82, 2.24) is 9.47 Å². The topological polar surface area (TPSA) is 8.17 Å². The number of halogens is 2. The van der Waals surface area contributed by atoms with Gasteiger partial charge in [0.05, 0.1) is 0 Å². The average Bonchev–Trinajstić information content (AvgIpc) is 2.92. The first-order chi connectivity index (χ1) is 12.5. The van der Waals surface area contributed by atoms with Gasteiger partial charge >= 0.3 is 0 Å². The van der Waals surface area contributed by atoms with E-state index in [9.17, 15) is 0 Å². The van der Waals surface area contributed by atoms with Gasteiger partial charge in [-0.05, 0) is 68.8 Å². The van der Waals surface area contributed by atoms with E-state index in [4.69, 9.17) is 23.2 Å². The van der Waals surface area contributed by atoms with Crippen molar-refractivity contribution in [1.29, 1.82) is 0 Å². The molecule has 0 radical (unpaired) electrons. The summed E-state index contributed by atoms with van der Waals surface area (Å²) in [5, 5.41) is 2.90. The van der Waals surface area contributed by atoms with E-state index in [0.29, 0.717) is 12.1 Å². The minimum Gasteiger partial charge on any atom is -0.344 e. The maximum Gasteiger partial charge on any atom is 0.0487 e. The summed E-state index contributed by atoms with van der Waals surface area (Å²) in [5.41, 5.74) is 5.52. The zero-order chi connectivity index (χ0) is 18.4. The van der Waals surface area contributed by atoms with Crippen LogP contribution in [-0.4, -0.2) is 22.6 Å². The van der Waals surface area contributed by atoms with Crippen LogP contribution in [0, 0.1) is 0 Å². The molecule has 136 valence electrons. The highest BCUT2D eigenvalue weighted by Gasteiger charge is 2.31. The van der Waals surface area contributed by atoms with E-state index in [1.165, 1.54) is 27.7 Å². The molecule has 4 rings (SSSR count). The fraction of sp³-hybridized carbons (Fsp3) is 0.364. The Morgan fingerprint density at radius 1 is 1.00 bits per heavy atom. The molecule has 0 N–H and O–H groups in total. The summed E-state index contributed by atoms with van der Waals surface area (Å²) in [5.74, 6) is 0. The molecular formula is C22H24Cl2N2. The van der Waals surface area contributed by atoms with E-state index in [0.717, 1.165) is 29.4 Å². The number of fused-ring (bicyclic) bond motifs is 3. The number of likely N-dealkylation sites (N-methyl/N-ethyl adjacent to an activating group) is 1. The lowest BCUT2D eigenvalue weighted by Crippen LogP contribution is -2.38. The summed E-state index contributed by atoms with van der Waals surface area (Å²) in [6.45, 7) is 5.59. The molecule has 2 unspecified atom stereocenters. The van der Waals surface area contributed by atoms with Crippen molar-refractivity contribution in [2.24, 2.45) is 0 Å². The summed E-state index contributed by atoms with van der Waals surface area (Å²) in [7, 11) is 2.22. The third-order valence-electron chi connectivity index (χ3n) is 5.93. The number of hydrogen-bond acceptors (Lipinski definition) is 1. The summed E-state index contributed by atoms with van der Waals surface area (Å²) in [4.78, 5) is 2.46. The van der Waals surface area contributed by atoms with Gasteiger partial charge in [0.2, 0.25) is 0 Å². The fourth-order valence-electron chi connectivity index (χ4n) is 4.25. The molecule has 2 atom stereocenters. The summed E-state index contributed by atoms with van der Waals surface area (Å²) in [6.07, 6.45) is 2.07. The number of aromatic nitrogens is 1. The molecule has 0 saturated carbocycles. The second-order valence-electron chi connectivity index (χ2n) is 7.44. The van der Waals surface area contributed by atoms with Gasteiger partial charge in [0.15, 0.2) is 0 Å². The molecule has 2 heterocycles. The molecule has 4 heteroatoms. The van der Waals surface area contributed by atoms with Crippen molar-refractivity contribution in [3.8, 4) is 0 Å². The monoisotopic (exact) mass is 386 g/mol. The molecule has 0 spiro atoms. The first kappa shape index (κ1) is 17.9. The lowest BCUT2D eigenvalue weighted by molar-refractivity contribution is 0.177. The van der Waals surface area contributed by atoms with Gasteiger partial charge in [0, 0.05) is 51.7 Å². The van der Waals surface area contributed by atoms with Gasteiger partial charge in [-0.1, -0.05) is 35.3 Å². The first-order valence-corrected chi connectivity index (χ1v) is 9.98. The van der Waals surface area contributed by atoms with E-state index in [-0.39, 0.29) is 0 Å². The highest BCUT2D eigenvalue weighted by molar-refractivity contribution is 6.31. The Bertz CT molecular complexity index is 943. The SMILES string of the molecule is CC1Cc2c(c3cc(Cl)ccc3n2CCc2ccc(Cl)cc2)C(C)N1C. The van der Waals surface area contributed by atoms with Gasteiger partial charge < -0.3 is 4.57 Å². The number of hydrogen-bond donors (Lipinski definition) is 0. The standard InChI is InChI=1S/C22H24Cl2N2/c1-14-12-21-22(15(2)25(14)3)19-13-18(24)8-9-20(19)26(21)11-10-16-4-6-17(23)7-5-16/h4-9,13-15H,10-12H2,1-3H3. The third kappa shape index (κ3) is 3.05. The van der Waals surface area contributed by atoms with Crippen LogP contribution in [0.25, 0.3) is 10.9 Å². The molecule has 3 aromatic rings. The van der Waals surface area contributed by atoms with Crippen molar-refractivity contribution in [2.75, 3.05) is 7.05 Å². The van der Waals surface area contributed by atoms with Crippen molar-refractivity contribution in [2.45, 2.75) is 45.3 Å². The van der Waals surface area contributed by atoms with Crippen LogP contribution < -0.4 is 0 Å². The minimum atomic E-state index is 0.395. The lowest BCUT2D eigenvalue weighted by atomic mass is 9.93. The lowest BCUT2D eigenvalue weighted by Gasteiger charge is -2.37. The second kappa shape index (κ2) is 6.92. The van der Waals surface area contributed by atoms with E-state index in [1.807, 2.05) is 18.2 Å². The van der Waals surface area contributed by atoms with E-state index >= 15 is 0 Å². The Hall–Kier alpha value is -1.48. The molecule has 0 bridgehead atoms. The highest BCUT2D eigenvalue weighted by Crippen LogP contribution is 2.40. The normalized spacial score (nSPS) is 20.5. The molecule has 2 nitrogen and oxygen atoms in total. The Morgan fingerprint density at radius 3 is 2.42 bits per heavy atom. The van der Waals surface area contributed by atoms with Gasteiger partial charge in [-0.15, -0.1) is 0 Å². The third-order valence-corrected chi connectivity index (χ3v) is 6.41. The van der Waals surface area contributed by atoms with Crippen LogP contribution in [0.1, 0.15) is 36.7 Å². The second-order valence-corrected chi connectivity index (χ2v) is 8.32. The van der Waals surface area contributed by atoms with Crippen LogP contribution in [0.5, 0.6) is 0 Å². The average molecular weight is 387 g/mol. The van der Waals surface area contributed by atoms with Crippen LogP contribution in [0.4, 0.5) is 0 Å². The van der Waals surface area contributed by atoms with Crippen molar-refractivity contribution >= 4 is 34.1 Å². The molecular weight excluding hydrogens is 363 g/mol. The van der Waals surface area contributed by atoms with Crippen LogP contribution >= 0.6 is 23.2 Å². The smallest absolute Gasteiger partial charge is 0.0487 e.